The van der Waals surface area contributed by atoms with Gasteiger partial charge in [0.05, 0.1) is 0 Å². The zero-order valence-corrected chi connectivity index (χ0v) is 6.67. The summed E-state index contributed by atoms with van der Waals surface area (Å²) in [6.45, 7) is 4.49. The van der Waals surface area contributed by atoms with Crippen molar-refractivity contribution >= 4 is 0 Å². The maximum Gasteiger partial charge on any atom is -0.0137 e. The van der Waals surface area contributed by atoms with Crippen molar-refractivity contribution in [1.82, 2.24) is 0 Å². The summed E-state index contributed by atoms with van der Waals surface area (Å²) in [6, 6.07) is 0. The molecule has 0 N–H and O–H groups in total. The van der Waals surface area contributed by atoms with E-state index in [2.05, 4.69) is 50.3 Å². The van der Waals surface area contributed by atoms with Crippen LogP contribution in [0, 0.1) is 5.41 Å². The molecule has 1 aliphatic carbocycles. The summed E-state index contributed by atoms with van der Waals surface area (Å²) in [7, 11) is 0. The second-order valence-electron chi connectivity index (χ2n) is 3.36. The topological polar surface area (TPSA) is 0 Å². The molecule has 0 bridgehead atoms. The maximum atomic E-state index is 2.24. The van der Waals surface area contributed by atoms with Gasteiger partial charge in [-0.3, -0.25) is 0 Å². The van der Waals surface area contributed by atoms with Gasteiger partial charge in [0.15, 0.2) is 0 Å². The van der Waals surface area contributed by atoms with E-state index < -0.39 is 0 Å². The molecule has 0 aromatic heterocycles. The third-order valence-corrected chi connectivity index (χ3v) is 1.66. The van der Waals surface area contributed by atoms with E-state index in [0.29, 0.717) is 5.41 Å². The summed E-state index contributed by atoms with van der Waals surface area (Å²) in [5.74, 6) is 0. The van der Waals surface area contributed by atoms with Gasteiger partial charge in [-0.25, -0.2) is 0 Å². The van der Waals surface area contributed by atoms with Gasteiger partial charge < -0.3 is 0 Å². The van der Waals surface area contributed by atoms with E-state index in [1.807, 2.05) is 0 Å². The minimum atomic E-state index is 0.335. The predicted octanol–water partition coefficient (Wildman–Crippen LogP) is 3.08. The lowest BCUT2D eigenvalue weighted by atomic mass is 9.88. The lowest BCUT2D eigenvalue weighted by Gasteiger charge is -2.17. The summed E-state index contributed by atoms with van der Waals surface area (Å²) in [4.78, 5) is 0. The van der Waals surface area contributed by atoms with Gasteiger partial charge in [0.2, 0.25) is 0 Å². The third kappa shape index (κ3) is 2.22. The van der Waals surface area contributed by atoms with Crippen molar-refractivity contribution in [3.05, 3.63) is 36.5 Å². The molecule has 0 saturated heterocycles. The van der Waals surface area contributed by atoms with Crippen LogP contribution in [0.4, 0.5) is 0 Å². The third-order valence-electron chi connectivity index (χ3n) is 1.66. The molecule has 0 heteroatoms. The standard InChI is InChI=1S/C10H14/c1-10(2)8-6-4-3-5-7-9-10/h3-8H,9H2,1-2H3/b4-3-,7-5-,8-6-. The maximum absolute atomic E-state index is 2.24. The highest BCUT2D eigenvalue weighted by Gasteiger charge is 2.10. The summed E-state index contributed by atoms with van der Waals surface area (Å²) >= 11 is 0. The fraction of sp³-hybridized carbons (Fsp3) is 0.400. The molecule has 0 fully saturated rings. The summed E-state index contributed by atoms with van der Waals surface area (Å²) in [5, 5.41) is 0. The van der Waals surface area contributed by atoms with Crippen molar-refractivity contribution in [2.75, 3.05) is 0 Å². The average Bonchev–Trinajstić information content (AvgIpc) is 1.81. The van der Waals surface area contributed by atoms with Gasteiger partial charge in [0.1, 0.15) is 0 Å². The molecule has 1 rings (SSSR count). The number of allylic oxidation sites excluding steroid dienone is 6. The van der Waals surface area contributed by atoms with Gasteiger partial charge in [0.25, 0.3) is 0 Å². The van der Waals surface area contributed by atoms with E-state index in [1.54, 1.807) is 0 Å². The SMILES string of the molecule is CC1(C)\C=C/C=C\C=C/C1. The molecule has 0 atom stereocenters. The molecule has 1 aliphatic rings. The van der Waals surface area contributed by atoms with Crippen molar-refractivity contribution in [3.8, 4) is 0 Å². The first-order valence-corrected chi connectivity index (χ1v) is 3.72. The Kier molecular flexibility index (Phi) is 2.10. The van der Waals surface area contributed by atoms with E-state index in [-0.39, 0.29) is 0 Å². The van der Waals surface area contributed by atoms with Crippen molar-refractivity contribution in [1.29, 1.82) is 0 Å². The smallest absolute Gasteiger partial charge is 0.0137 e. The first-order chi connectivity index (χ1) is 4.71. The highest BCUT2D eigenvalue weighted by Crippen LogP contribution is 2.23. The van der Waals surface area contributed by atoms with Crippen LogP contribution in [0.5, 0.6) is 0 Å². The largest absolute Gasteiger partial charge is 0.0837 e. The van der Waals surface area contributed by atoms with Crippen LogP contribution in [-0.2, 0) is 0 Å². The quantitative estimate of drug-likeness (QED) is 0.477. The summed E-state index contributed by atoms with van der Waals surface area (Å²) in [6.07, 6.45) is 13.9. The normalized spacial score (nSPS) is 31.8. The molecule has 0 aliphatic heterocycles. The Hall–Kier alpha value is -0.780. The predicted molar refractivity (Wildman–Crippen MR) is 45.8 cm³/mol. The number of rotatable bonds is 0. The highest BCUT2D eigenvalue weighted by molar-refractivity contribution is 5.17. The minimum absolute atomic E-state index is 0.335. The average molecular weight is 134 g/mol. The van der Waals surface area contributed by atoms with Gasteiger partial charge >= 0.3 is 0 Å². The second-order valence-corrected chi connectivity index (χ2v) is 3.36. The first kappa shape index (κ1) is 7.33. The molecule has 0 amide bonds. The van der Waals surface area contributed by atoms with Crippen LogP contribution < -0.4 is 0 Å². The van der Waals surface area contributed by atoms with Crippen LogP contribution in [0.3, 0.4) is 0 Å². The fourth-order valence-electron chi connectivity index (χ4n) is 0.963. The minimum Gasteiger partial charge on any atom is -0.0837 e. The number of hydrogen-bond acceptors (Lipinski definition) is 0. The molecule has 0 spiro atoms. The molecule has 54 valence electrons. The van der Waals surface area contributed by atoms with E-state index in [9.17, 15) is 0 Å². The van der Waals surface area contributed by atoms with Crippen LogP contribution in [-0.4, -0.2) is 0 Å². The summed E-state index contributed by atoms with van der Waals surface area (Å²) in [5.41, 5.74) is 0.335. The van der Waals surface area contributed by atoms with E-state index in [0.717, 1.165) is 6.42 Å². The molecule has 0 heterocycles. The van der Waals surface area contributed by atoms with Crippen LogP contribution in [0.2, 0.25) is 0 Å². The molecule has 0 radical (unpaired) electrons. The molecule has 0 aromatic carbocycles. The Balaban J connectivity index is 2.74. The second kappa shape index (κ2) is 2.87. The van der Waals surface area contributed by atoms with Crippen LogP contribution in [0.15, 0.2) is 36.5 Å². The van der Waals surface area contributed by atoms with Crippen molar-refractivity contribution in [2.45, 2.75) is 20.3 Å². The van der Waals surface area contributed by atoms with Gasteiger partial charge in [-0.15, -0.1) is 0 Å². The van der Waals surface area contributed by atoms with E-state index in [1.165, 1.54) is 0 Å². The van der Waals surface area contributed by atoms with Gasteiger partial charge in [-0.2, -0.15) is 0 Å². The van der Waals surface area contributed by atoms with Gasteiger partial charge in [-0.05, 0) is 11.8 Å². The van der Waals surface area contributed by atoms with E-state index in [4.69, 9.17) is 0 Å². The Labute approximate surface area is 62.9 Å². The van der Waals surface area contributed by atoms with Crippen LogP contribution in [0.1, 0.15) is 20.3 Å². The molecular formula is C10H14. The van der Waals surface area contributed by atoms with Crippen LogP contribution >= 0.6 is 0 Å². The lowest BCUT2D eigenvalue weighted by Crippen LogP contribution is -2.05. The zero-order valence-electron chi connectivity index (χ0n) is 6.67. The zero-order chi connectivity index (χ0) is 7.45. The Morgan fingerprint density at radius 3 is 2.50 bits per heavy atom. The van der Waals surface area contributed by atoms with Crippen molar-refractivity contribution < 1.29 is 0 Å². The van der Waals surface area contributed by atoms with Gasteiger partial charge in [-0.1, -0.05) is 50.3 Å². The molecule has 0 nitrogen and oxygen atoms in total. The Bertz CT molecular complexity index is 180. The van der Waals surface area contributed by atoms with E-state index >= 15 is 0 Å². The summed E-state index contributed by atoms with van der Waals surface area (Å²) < 4.78 is 0. The molecule has 0 aromatic rings. The molecule has 0 saturated carbocycles. The fourth-order valence-corrected chi connectivity index (χ4v) is 0.963. The van der Waals surface area contributed by atoms with Crippen molar-refractivity contribution in [2.24, 2.45) is 5.41 Å². The van der Waals surface area contributed by atoms with Crippen molar-refractivity contribution in [3.63, 3.8) is 0 Å². The lowest BCUT2D eigenvalue weighted by molar-refractivity contribution is 0.488. The molecule has 0 unspecified atom stereocenters. The Morgan fingerprint density at radius 2 is 1.70 bits per heavy atom. The first-order valence-electron chi connectivity index (χ1n) is 3.72. The monoisotopic (exact) mass is 134 g/mol. The highest BCUT2D eigenvalue weighted by atomic mass is 14.1. The molecular weight excluding hydrogens is 120 g/mol. The Morgan fingerprint density at radius 1 is 1.00 bits per heavy atom. The number of hydrogen-bond donors (Lipinski definition) is 0. The van der Waals surface area contributed by atoms with Crippen LogP contribution in [0.25, 0.3) is 0 Å². The van der Waals surface area contributed by atoms with Gasteiger partial charge in [0, 0.05) is 0 Å². The molecule has 10 heavy (non-hydrogen) atoms.